The average molecular weight is 360 g/mol. The minimum absolute atomic E-state index is 0.0208. The van der Waals surface area contributed by atoms with Crippen LogP contribution < -0.4 is 9.88 Å². The van der Waals surface area contributed by atoms with Crippen molar-refractivity contribution in [2.45, 2.75) is 11.8 Å². The van der Waals surface area contributed by atoms with Gasteiger partial charge in [-0.3, -0.25) is 0 Å². The van der Waals surface area contributed by atoms with Crippen LogP contribution in [0.25, 0.3) is 0 Å². The topological polar surface area (TPSA) is 69.4 Å². The van der Waals surface area contributed by atoms with Gasteiger partial charge in [-0.05, 0) is 64.8 Å². The molecule has 0 bridgehead atoms. The van der Waals surface area contributed by atoms with E-state index >= 15 is 0 Å². The van der Waals surface area contributed by atoms with E-state index in [-0.39, 0.29) is 10.7 Å². The van der Waals surface area contributed by atoms with Gasteiger partial charge in [0.05, 0.1) is 9.37 Å². The molecule has 0 aromatic heterocycles. The molecule has 0 spiro atoms. The maximum Gasteiger partial charge on any atom is 0.238 e. The van der Waals surface area contributed by atoms with Crippen LogP contribution in [0.1, 0.15) is 5.56 Å². The summed E-state index contributed by atoms with van der Waals surface area (Å²) in [6.45, 7) is 1.71. The Bertz CT molecular complexity index is 762. The Morgan fingerprint density at radius 2 is 1.80 bits per heavy atom. The van der Waals surface area contributed by atoms with E-state index in [9.17, 15) is 12.8 Å². The standard InChI is InChI=1S/C13H11BrFNO3S/c1-8-6-9(15)2-4-12(8)19-13-5-3-10(7-11(13)14)20(16,17)18/h2-7H,1H3,(H2,16,17,18). The molecule has 0 amide bonds. The normalized spacial score (nSPS) is 11.4. The third-order valence-electron chi connectivity index (χ3n) is 2.59. The lowest BCUT2D eigenvalue weighted by Gasteiger charge is -2.11. The molecule has 0 aliphatic heterocycles. The Kier molecular flexibility index (Phi) is 4.12. The van der Waals surface area contributed by atoms with Crippen LogP contribution >= 0.6 is 15.9 Å². The van der Waals surface area contributed by atoms with E-state index in [1.54, 1.807) is 6.92 Å². The molecule has 0 unspecified atom stereocenters. The molecule has 4 nitrogen and oxygen atoms in total. The largest absolute Gasteiger partial charge is 0.456 e. The number of aryl methyl sites for hydroxylation is 1. The van der Waals surface area contributed by atoms with Crippen molar-refractivity contribution in [3.8, 4) is 11.5 Å². The van der Waals surface area contributed by atoms with E-state index in [0.29, 0.717) is 21.5 Å². The van der Waals surface area contributed by atoms with Gasteiger partial charge in [-0.25, -0.2) is 17.9 Å². The minimum atomic E-state index is -3.76. The fraction of sp³-hybridized carbons (Fsp3) is 0.0769. The van der Waals surface area contributed by atoms with Crippen LogP contribution in [0.2, 0.25) is 0 Å². The third kappa shape index (κ3) is 3.36. The fourth-order valence-corrected chi connectivity index (χ4v) is 2.74. The molecule has 0 aliphatic carbocycles. The van der Waals surface area contributed by atoms with Gasteiger partial charge >= 0.3 is 0 Å². The Hall–Kier alpha value is -1.44. The molecule has 0 aliphatic rings. The molecule has 2 aromatic carbocycles. The minimum Gasteiger partial charge on any atom is -0.456 e. The molecule has 2 rings (SSSR count). The summed E-state index contributed by atoms with van der Waals surface area (Å²) in [5.41, 5.74) is 0.632. The first-order valence-electron chi connectivity index (χ1n) is 5.54. The monoisotopic (exact) mass is 359 g/mol. The molecule has 20 heavy (non-hydrogen) atoms. The number of primary sulfonamides is 1. The SMILES string of the molecule is Cc1cc(F)ccc1Oc1ccc(S(N)(=O)=O)cc1Br. The number of sulfonamides is 1. The van der Waals surface area contributed by atoms with E-state index in [2.05, 4.69) is 15.9 Å². The van der Waals surface area contributed by atoms with Crippen molar-refractivity contribution in [3.63, 3.8) is 0 Å². The van der Waals surface area contributed by atoms with Gasteiger partial charge in [0.25, 0.3) is 0 Å². The zero-order chi connectivity index (χ0) is 14.9. The molecule has 2 N–H and O–H groups in total. The van der Waals surface area contributed by atoms with Gasteiger partial charge in [-0.2, -0.15) is 0 Å². The maximum atomic E-state index is 13.0. The highest BCUT2D eigenvalue weighted by atomic mass is 79.9. The van der Waals surface area contributed by atoms with Crippen LogP contribution in [0.5, 0.6) is 11.5 Å². The molecule has 106 valence electrons. The van der Waals surface area contributed by atoms with Crippen LogP contribution in [0, 0.1) is 12.7 Å². The summed E-state index contributed by atoms with van der Waals surface area (Å²) in [6.07, 6.45) is 0. The molecule has 2 aromatic rings. The van der Waals surface area contributed by atoms with E-state index in [0.717, 1.165) is 0 Å². The predicted molar refractivity (Wildman–Crippen MR) is 76.7 cm³/mol. The van der Waals surface area contributed by atoms with Crippen molar-refractivity contribution in [2.75, 3.05) is 0 Å². The van der Waals surface area contributed by atoms with Crippen molar-refractivity contribution < 1.29 is 17.5 Å². The second-order valence-corrected chi connectivity index (χ2v) is 6.56. The van der Waals surface area contributed by atoms with Crippen LogP contribution in [0.15, 0.2) is 45.8 Å². The van der Waals surface area contributed by atoms with E-state index in [1.807, 2.05) is 0 Å². The third-order valence-corrected chi connectivity index (χ3v) is 4.12. The van der Waals surface area contributed by atoms with Gasteiger partial charge in [-0.1, -0.05) is 0 Å². The molecule has 0 saturated heterocycles. The summed E-state index contributed by atoms with van der Waals surface area (Å²) in [5, 5.41) is 5.04. The summed E-state index contributed by atoms with van der Waals surface area (Å²) in [6, 6.07) is 8.31. The first-order valence-corrected chi connectivity index (χ1v) is 7.87. The summed E-state index contributed by atoms with van der Waals surface area (Å²) < 4.78 is 41.5. The van der Waals surface area contributed by atoms with E-state index in [4.69, 9.17) is 9.88 Å². The molecular formula is C13H11BrFNO3S. The highest BCUT2D eigenvalue weighted by Crippen LogP contribution is 2.32. The zero-order valence-corrected chi connectivity index (χ0v) is 12.8. The lowest BCUT2D eigenvalue weighted by atomic mass is 10.2. The Morgan fingerprint density at radius 3 is 2.35 bits per heavy atom. The number of halogens is 2. The van der Waals surface area contributed by atoms with Crippen LogP contribution in [-0.2, 0) is 10.0 Å². The quantitative estimate of drug-likeness (QED) is 0.913. The summed E-state index contributed by atoms with van der Waals surface area (Å²) in [4.78, 5) is -0.0208. The van der Waals surface area contributed by atoms with Gasteiger partial charge in [0.2, 0.25) is 10.0 Å². The number of ether oxygens (including phenoxy) is 1. The second-order valence-electron chi connectivity index (χ2n) is 4.15. The fourth-order valence-electron chi connectivity index (χ4n) is 1.59. The van der Waals surface area contributed by atoms with Gasteiger partial charge in [0, 0.05) is 0 Å². The van der Waals surface area contributed by atoms with Crippen molar-refractivity contribution in [1.82, 2.24) is 0 Å². The van der Waals surface area contributed by atoms with Crippen LogP contribution in [-0.4, -0.2) is 8.42 Å². The molecule has 0 atom stereocenters. The number of hydrogen-bond donors (Lipinski definition) is 1. The maximum absolute atomic E-state index is 13.0. The first-order chi connectivity index (χ1) is 9.27. The lowest BCUT2D eigenvalue weighted by molar-refractivity contribution is 0.473. The predicted octanol–water partition coefficient (Wildman–Crippen LogP) is 3.34. The van der Waals surface area contributed by atoms with Crippen LogP contribution in [0.3, 0.4) is 0 Å². The van der Waals surface area contributed by atoms with Crippen LogP contribution in [0.4, 0.5) is 4.39 Å². The zero-order valence-electron chi connectivity index (χ0n) is 10.4. The van der Waals surface area contributed by atoms with Gasteiger partial charge in [-0.15, -0.1) is 0 Å². The van der Waals surface area contributed by atoms with E-state index in [1.165, 1.54) is 36.4 Å². The second kappa shape index (κ2) is 5.51. The lowest BCUT2D eigenvalue weighted by Crippen LogP contribution is -2.11. The van der Waals surface area contributed by atoms with Crippen molar-refractivity contribution >= 4 is 26.0 Å². The van der Waals surface area contributed by atoms with Gasteiger partial charge in [0.15, 0.2) is 0 Å². The number of hydrogen-bond acceptors (Lipinski definition) is 3. The molecule has 0 fully saturated rings. The molecule has 7 heteroatoms. The van der Waals surface area contributed by atoms with E-state index < -0.39 is 10.0 Å². The molecular weight excluding hydrogens is 349 g/mol. The highest BCUT2D eigenvalue weighted by molar-refractivity contribution is 9.10. The van der Waals surface area contributed by atoms with Gasteiger partial charge in [0.1, 0.15) is 17.3 Å². The first kappa shape index (κ1) is 15.0. The average Bonchev–Trinajstić information content (AvgIpc) is 2.33. The summed E-state index contributed by atoms with van der Waals surface area (Å²) in [5.74, 6) is 0.543. The molecule has 0 heterocycles. The Labute approximate surface area is 124 Å². The van der Waals surface area contributed by atoms with Gasteiger partial charge < -0.3 is 4.74 Å². The molecule has 0 saturated carbocycles. The number of benzene rings is 2. The molecule has 0 radical (unpaired) electrons. The number of rotatable bonds is 3. The summed E-state index contributed by atoms with van der Waals surface area (Å²) in [7, 11) is -3.76. The number of nitrogens with two attached hydrogens (primary N) is 1. The Balaban J connectivity index is 2.35. The van der Waals surface area contributed by atoms with Crippen molar-refractivity contribution in [3.05, 3.63) is 52.3 Å². The highest BCUT2D eigenvalue weighted by Gasteiger charge is 2.12. The van der Waals surface area contributed by atoms with Crippen molar-refractivity contribution in [2.24, 2.45) is 5.14 Å². The smallest absolute Gasteiger partial charge is 0.238 e. The van der Waals surface area contributed by atoms with Crippen molar-refractivity contribution in [1.29, 1.82) is 0 Å². The Morgan fingerprint density at radius 1 is 1.15 bits per heavy atom. The summed E-state index contributed by atoms with van der Waals surface area (Å²) >= 11 is 3.22.